The fourth-order valence-corrected chi connectivity index (χ4v) is 3.06. The van der Waals surface area contributed by atoms with Crippen molar-refractivity contribution in [1.82, 2.24) is 20.2 Å². The zero-order valence-corrected chi connectivity index (χ0v) is 15.9. The minimum Gasteiger partial charge on any atom is -0.431 e. The summed E-state index contributed by atoms with van der Waals surface area (Å²) in [5, 5.41) is 10.0. The summed E-state index contributed by atoms with van der Waals surface area (Å²) in [6.45, 7) is 0.428. The maximum absolute atomic E-state index is 14.0. The molecular weight excluding hydrogens is 399 g/mol. The van der Waals surface area contributed by atoms with E-state index in [0.29, 0.717) is 22.4 Å². The van der Waals surface area contributed by atoms with Crippen LogP contribution in [0.5, 0.6) is 5.75 Å². The van der Waals surface area contributed by atoms with Gasteiger partial charge >= 0.3 is 6.61 Å². The van der Waals surface area contributed by atoms with Crippen molar-refractivity contribution in [3.05, 3.63) is 59.3 Å². The fraction of sp³-hybridized carbons (Fsp3) is 0.150. The summed E-state index contributed by atoms with van der Waals surface area (Å²) >= 11 is 0. The highest BCUT2D eigenvalue weighted by Crippen LogP contribution is 2.34. The van der Waals surface area contributed by atoms with E-state index in [0.717, 1.165) is 17.3 Å². The molecule has 3 heterocycles. The van der Waals surface area contributed by atoms with Gasteiger partial charge in [0.15, 0.2) is 17.3 Å². The number of ether oxygens (including phenoxy) is 1. The molecule has 3 N–H and O–H groups in total. The SMILES string of the molecule is Cc1[nH]nc(C(=O)Nc2cnc3[nH]c(-c4cccc(F)c4OC(F)F)cc3c2)c1C. The molecule has 0 aliphatic rings. The van der Waals surface area contributed by atoms with E-state index in [1.54, 1.807) is 19.1 Å². The lowest BCUT2D eigenvalue weighted by Crippen LogP contribution is -2.13. The van der Waals surface area contributed by atoms with Crippen LogP contribution in [0.1, 0.15) is 21.7 Å². The molecule has 1 amide bonds. The largest absolute Gasteiger partial charge is 0.431 e. The van der Waals surface area contributed by atoms with Crippen LogP contribution >= 0.6 is 0 Å². The summed E-state index contributed by atoms with van der Waals surface area (Å²) in [6.07, 6.45) is 1.44. The highest BCUT2D eigenvalue weighted by molar-refractivity contribution is 6.04. The Morgan fingerprint density at radius 2 is 2.03 bits per heavy atom. The number of benzene rings is 1. The van der Waals surface area contributed by atoms with Gasteiger partial charge in [-0.3, -0.25) is 9.89 Å². The highest BCUT2D eigenvalue weighted by Gasteiger charge is 2.18. The number of aromatic nitrogens is 4. The van der Waals surface area contributed by atoms with Gasteiger partial charge in [-0.1, -0.05) is 6.07 Å². The first kappa shape index (κ1) is 19.5. The van der Waals surface area contributed by atoms with Crippen molar-refractivity contribution in [3.63, 3.8) is 0 Å². The van der Waals surface area contributed by atoms with Gasteiger partial charge in [0.25, 0.3) is 5.91 Å². The lowest BCUT2D eigenvalue weighted by atomic mass is 10.1. The Bertz CT molecular complexity index is 1250. The molecular formula is C20H16F3N5O2. The predicted octanol–water partition coefficient (Wildman–Crippen LogP) is 4.56. The number of alkyl halides is 2. The summed E-state index contributed by atoms with van der Waals surface area (Å²) in [5.41, 5.74) is 3.12. The van der Waals surface area contributed by atoms with Crippen molar-refractivity contribution >= 4 is 22.6 Å². The second-order valence-electron chi connectivity index (χ2n) is 6.62. The van der Waals surface area contributed by atoms with Gasteiger partial charge in [-0.25, -0.2) is 9.37 Å². The van der Waals surface area contributed by atoms with Crippen LogP contribution in [0.2, 0.25) is 0 Å². The molecule has 4 aromatic rings. The monoisotopic (exact) mass is 415 g/mol. The number of amides is 1. The first-order chi connectivity index (χ1) is 14.3. The quantitative estimate of drug-likeness (QED) is 0.445. The van der Waals surface area contributed by atoms with Gasteiger partial charge in [0.05, 0.1) is 17.6 Å². The second kappa shape index (κ2) is 7.54. The number of halogens is 3. The number of pyridine rings is 1. The number of nitrogens with zero attached hydrogens (tertiary/aromatic N) is 2. The third-order valence-electron chi connectivity index (χ3n) is 4.66. The minimum atomic E-state index is -3.17. The molecule has 0 saturated heterocycles. The van der Waals surface area contributed by atoms with Crippen molar-refractivity contribution in [3.8, 4) is 17.0 Å². The molecule has 1 aromatic carbocycles. The van der Waals surface area contributed by atoms with Gasteiger partial charge in [-0.05, 0) is 38.1 Å². The van der Waals surface area contributed by atoms with E-state index in [-0.39, 0.29) is 11.3 Å². The fourth-order valence-electron chi connectivity index (χ4n) is 3.06. The Balaban J connectivity index is 1.66. The number of fused-ring (bicyclic) bond motifs is 1. The van der Waals surface area contributed by atoms with Crippen LogP contribution in [-0.4, -0.2) is 32.7 Å². The molecule has 0 bridgehead atoms. The number of anilines is 1. The summed E-state index contributed by atoms with van der Waals surface area (Å²) in [4.78, 5) is 19.6. The van der Waals surface area contributed by atoms with Gasteiger partial charge in [0, 0.05) is 22.2 Å². The summed E-state index contributed by atoms with van der Waals surface area (Å²) in [7, 11) is 0. The Morgan fingerprint density at radius 3 is 2.73 bits per heavy atom. The molecule has 0 radical (unpaired) electrons. The number of para-hydroxylation sites is 1. The number of rotatable bonds is 5. The summed E-state index contributed by atoms with van der Waals surface area (Å²) < 4.78 is 43.7. The molecule has 0 atom stereocenters. The molecule has 30 heavy (non-hydrogen) atoms. The van der Waals surface area contributed by atoms with Crippen LogP contribution in [0.25, 0.3) is 22.3 Å². The smallest absolute Gasteiger partial charge is 0.387 e. The Hall–Kier alpha value is -3.82. The maximum atomic E-state index is 14.0. The minimum absolute atomic E-state index is 0.126. The average molecular weight is 415 g/mol. The third kappa shape index (κ3) is 3.59. The van der Waals surface area contributed by atoms with Crippen molar-refractivity contribution in [2.24, 2.45) is 0 Å². The molecule has 0 fully saturated rings. The van der Waals surface area contributed by atoms with Crippen LogP contribution in [0.4, 0.5) is 18.9 Å². The van der Waals surface area contributed by atoms with Crippen molar-refractivity contribution < 1.29 is 22.7 Å². The predicted molar refractivity (Wildman–Crippen MR) is 104 cm³/mol. The number of H-pyrrole nitrogens is 2. The zero-order valence-electron chi connectivity index (χ0n) is 15.9. The zero-order chi connectivity index (χ0) is 21.4. The number of aryl methyl sites for hydroxylation is 1. The summed E-state index contributed by atoms with van der Waals surface area (Å²) in [5.74, 6) is -1.86. The first-order valence-electron chi connectivity index (χ1n) is 8.89. The highest BCUT2D eigenvalue weighted by atomic mass is 19.3. The number of carbonyl (C=O) groups excluding carboxylic acids is 1. The van der Waals surface area contributed by atoms with Gasteiger partial charge < -0.3 is 15.0 Å². The number of carbonyl (C=O) groups is 1. The van der Waals surface area contributed by atoms with Crippen molar-refractivity contribution in [2.45, 2.75) is 20.5 Å². The molecule has 0 spiro atoms. The molecule has 0 unspecified atom stereocenters. The average Bonchev–Trinajstić information content (AvgIpc) is 3.26. The van der Waals surface area contributed by atoms with Gasteiger partial charge in [0.2, 0.25) is 0 Å². The molecule has 3 aromatic heterocycles. The van der Waals surface area contributed by atoms with Crippen molar-refractivity contribution in [1.29, 1.82) is 0 Å². The normalized spacial score (nSPS) is 11.3. The lowest BCUT2D eigenvalue weighted by Gasteiger charge is -2.10. The van der Waals surface area contributed by atoms with E-state index in [1.165, 1.54) is 18.3 Å². The molecule has 10 heteroatoms. The Kier molecular flexibility index (Phi) is 4.90. The first-order valence-corrected chi connectivity index (χ1v) is 8.89. The number of hydrogen-bond donors (Lipinski definition) is 3. The van der Waals surface area contributed by atoms with E-state index < -0.39 is 24.1 Å². The van der Waals surface area contributed by atoms with E-state index in [4.69, 9.17) is 0 Å². The van der Waals surface area contributed by atoms with E-state index >= 15 is 0 Å². The second-order valence-corrected chi connectivity index (χ2v) is 6.62. The molecule has 0 saturated carbocycles. The van der Waals surface area contributed by atoms with Crippen LogP contribution in [0.15, 0.2) is 36.5 Å². The topological polar surface area (TPSA) is 95.7 Å². The van der Waals surface area contributed by atoms with Crippen LogP contribution in [-0.2, 0) is 0 Å². The van der Waals surface area contributed by atoms with Crippen molar-refractivity contribution in [2.75, 3.05) is 5.32 Å². The molecule has 7 nitrogen and oxygen atoms in total. The van der Waals surface area contributed by atoms with Gasteiger partial charge in [-0.15, -0.1) is 0 Å². The van der Waals surface area contributed by atoms with Crippen LogP contribution < -0.4 is 10.1 Å². The van der Waals surface area contributed by atoms with Gasteiger partial charge in [0.1, 0.15) is 5.65 Å². The van der Waals surface area contributed by atoms with E-state index in [9.17, 15) is 18.0 Å². The lowest BCUT2D eigenvalue weighted by molar-refractivity contribution is -0.0517. The Morgan fingerprint density at radius 1 is 1.23 bits per heavy atom. The Labute approximate surface area is 168 Å². The van der Waals surface area contributed by atoms with Gasteiger partial charge in [-0.2, -0.15) is 13.9 Å². The third-order valence-corrected chi connectivity index (χ3v) is 4.66. The molecule has 0 aliphatic carbocycles. The number of aromatic amines is 2. The maximum Gasteiger partial charge on any atom is 0.387 e. The number of hydrogen-bond acceptors (Lipinski definition) is 4. The standard InChI is InChI=1S/C20H16F3N5O2/c1-9-10(2)27-28-16(9)19(29)25-12-6-11-7-15(26-18(11)24-8-12)13-4-3-5-14(21)17(13)30-20(22)23/h3-8,20H,1-2H3,(H,24,26)(H,25,29)(H,27,28). The van der Waals surface area contributed by atoms with Crippen LogP contribution in [0, 0.1) is 19.7 Å². The summed E-state index contributed by atoms with van der Waals surface area (Å²) in [6, 6.07) is 7.14. The molecule has 4 rings (SSSR count). The van der Waals surface area contributed by atoms with E-state index in [1.807, 2.05) is 6.92 Å². The number of nitrogens with one attached hydrogen (secondary N) is 3. The van der Waals surface area contributed by atoms with E-state index in [2.05, 4.69) is 30.2 Å². The van der Waals surface area contributed by atoms with Crippen LogP contribution in [0.3, 0.4) is 0 Å². The molecule has 154 valence electrons. The molecule has 0 aliphatic heterocycles.